The van der Waals surface area contributed by atoms with Crippen LogP contribution in [0.1, 0.15) is 18.5 Å². The highest BCUT2D eigenvalue weighted by molar-refractivity contribution is 9.10. The summed E-state index contributed by atoms with van der Waals surface area (Å²) in [4.78, 5) is 10.3. The topological polar surface area (TPSA) is 64.3 Å². The van der Waals surface area contributed by atoms with Crippen molar-refractivity contribution in [2.45, 2.75) is 13.0 Å². The molecular weight excluding hydrogens is 272 g/mol. The summed E-state index contributed by atoms with van der Waals surface area (Å²) < 4.78 is 5.68. The lowest BCUT2D eigenvalue weighted by molar-refractivity contribution is 0.156. The van der Waals surface area contributed by atoms with E-state index in [0.717, 1.165) is 4.47 Å². The van der Waals surface area contributed by atoms with E-state index in [-0.39, 0.29) is 12.6 Å². The lowest BCUT2D eigenvalue weighted by atomic mass is 10.1. The zero-order valence-corrected chi connectivity index (χ0v) is 10.7. The van der Waals surface area contributed by atoms with Gasteiger partial charge in [0.05, 0.1) is 0 Å². The normalized spacial score (nSPS) is 12.1. The first-order valence-corrected chi connectivity index (χ1v) is 5.80. The van der Waals surface area contributed by atoms with E-state index < -0.39 is 6.09 Å². The average Bonchev–Trinajstić information content (AvgIpc) is 2.24. The number of amides is 1. The monoisotopic (exact) mass is 286 g/mol. The molecule has 1 aromatic rings. The van der Waals surface area contributed by atoms with E-state index in [4.69, 9.17) is 5.73 Å². The first-order chi connectivity index (χ1) is 7.61. The molecule has 0 fully saturated rings. The van der Waals surface area contributed by atoms with Crippen molar-refractivity contribution in [2.75, 3.05) is 13.2 Å². The number of rotatable bonds is 5. The van der Waals surface area contributed by atoms with E-state index in [9.17, 15) is 4.79 Å². The van der Waals surface area contributed by atoms with Gasteiger partial charge in [-0.05, 0) is 18.6 Å². The van der Waals surface area contributed by atoms with Crippen LogP contribution in [-0.4, -0.2) is 19.2 Å². The Morgan fingerprint density at radius 2 is 2.25 bits per heavy atom. The summed E-state index contributed by atoms with van der Waals surface area (Å²) in [5.41, 5.74) is 6.02. The van der Waals surface area contributed by atoms with Crippen LogP contribution in [0.25, 0.3) is 0 Å². The maximum Gasteiger partial charge on any atom is 0.404 e. The number of hydrogen-bond donors (Lipinski definition) is 2. The Hall–Kier alpha value is -1.07. The van der Waals surface area contributed by atoms with Crippen LogP contribution in [0.15, 0.2) is 28.7 Å². The van der Waals surface area contributed by atoms with E-state index in [1.54, 1.807) is 0 Å². The highest BCUT2D eigenvalue weighted by Crippen LogP contribution is 2.22. The van der Waals surface area contributed by atoms with Gasteiger partial charge in [-0.1, -0.05) is 34.1 Å². The molecule has 0 heterocycles. The first kappa shape index (κ1) is 13.0. The molecule has 0 spiro atoms. The Balaban J connectivity index is 2.38. The lowest BCUT2D eigenvalue weighted by Gasteiger charge is -2.15. The van der Waals surface area contributed by atoms with Gasteiger partial charge in [-0.3, -0.25) is 0 Å². The summed E-state index contributed by atoms with van der Waals surface area (Å²) in [6.45, 7) is 2.90. The number of benzene rings is 1. The van der Waals surface area contributed by atoms with Crippen LogP contribution >= 0.6 is 15.9 Å². The number of hydrogen-bond acceptors (Lipinski definition) is 3. The maximum absolute atomic E-state index is 10.3. The molecule has 1 aromatic carbocycles. The second-order valence-corrected chi connectivity index (χ2v) is 4.22. The number of carbonyl (C=O) groups is 1. The fourth-order valence-electron chi connectivity index (χ4n) is 1.36. The maximum atomic E-state index is 10.3. The van der Waals surface area contributed by atoms with Crippen molar-refractivity contribution in [3.05, 3.63) is 34.3 Å². The third-order valence-electron chi connectivity index (χ3n) is 2.17. The molecule has 0 aromatic heterocycles. The Morgan fingerprint density at radius 1 is 1.56 bits per heavy atom. The number of nitrogens with two attached hydrogens (primary N) is 1. The van der Waals surface area contributed by atoms with Crippen molar-refractivity contribution in [1.29, 1.82) is 0 Å². The zero-order chi connectivity index (χ0) is 12.0. The molecule has 0 aliphatic rings. The zero-order valence-electron chi connectivity index (χ0n) is 9.07. The molecule has 0 aliphatic carbocycles. The number of ether oxygens (including phenoxy) is 1. The Bertz CT molecular complexity index is 358. The van der Waals surface area contributed by atoms with Crippen LogP contribution in [-0.2, 0) is 4.74 Å². The van der Waals surface area contributed by atoms with Crippen LogP contribution in [0.4, 0.5) is 4.79 Å². The van der Waals surface area contributed by atoms with Crippen molar-refractivity contribution in [3.8, 4) is 0 Å². The SMILES string of the molecule is CC(NCCOC(N)=O)c1ccccc1Br. The standard InChI is InChI=1S/C11H15BrN2O2/c1-8(14-6-7-16-11(13)15)9-4-2-3-5-10(9)12/h2-5,8,14H,6-7H2,1H3,(H2,13,15). The minimum atomic E-state index is -0.740. The molecule has 88 valence electrons. The second kappa shape index (κ2) is 6.50. The van der Waals surface area contributed by atoms with Gasteiger partial charge in [0.1, 0.15) is 6.61 Å². The summed E-state index contributed by atoms with van der Waals surface area (Å²) >= 11 is 3.48. The third kappa shape index (κ3) is 4.20. The van der Waals surface area contributed by atoms with E-state index in [2.05, 4.69) is 26.0 Å². The van der Waals surface area contributed by atoms with Crippen LogP contribution in [0, 0.1) is 0 Å². The molecule has 1 unspecified atom stereocenters. The minimum Gasteiger partial charge on any atom is -0.448 e. The van der Waals surface area contributed by atoms with Crippen LogP contribution in [0.3, 0.4) is 0 Å². The fraction of sp³-hybridized carbons (Fsp3) is 0.364. The van der Waals surface area contributed by atoms with Gasteiger partial charge in [0.2, 0.25) is 0 Å². The first-order valence-electron chi connectivity index (χ1n) is 5.01. The summed E-state index contributed by atoms with van der Waals surface area (Å²) in [5, 5.41) is 3.23. The second-order valence-electron chi connectivity index (χ2n) is 3.36. The summed E-state index contributed by atoms with van der Waals surface area (Å²) in [6, 6.07) is 8.17. The van der Waals surface area contributed by atoms with Crippen molar-refractivity contribution in [3.63, 3.8) is 0 Å². The summed E-state index contributed by atoms with van der Waals surface area (Å²) in [6.07, 6.45) is -0.740. The molecule has 3 N–H and O–H groups in total. The fourth-order valence-corrected chi connectivity index (χ4v) is 1.99. The predicted molar refractivity (Wildman–Crippen MR) is 66.1 cm³/mol. The van der Waals surface area contributed by atoms with E-state index in [1.807, 2.05) is 31.2 Å². The quantitative estimate of drug-likeness (QED) is 0.816. The Morgan fingerprint density at radius 3 is 2.88 bits per heavy atom. The van der Waals surface area contributed by atoms with Gasteiger partial charge in [0.25, 0.3) is 0 Å². The van der Waals surface area contributed by atoms with Crippen molar-refractivity contribution >= 4 is 22.0 Å². The van der Waals surface area contributed by atoms with Crippen molar-refractivity contribution < 1.29 is 9.53 Å². The van der Waals surface area contributed by atoms with Gasteiger partial charge in [-0.25, -0.2) is 4.79 Å². The summed E-state index contributed by atoms with van der Waals surface area (Å²) in [7, 11) is 0. The van der Waals surface area contributed by atoms with Gasteiger partial charge in [0.15, 0.2) is 0 Å². The molecule has 5 heteroatoms. The molecule has 0 radical (unpaired) electrons. The number of halogens is 1. The molecule has 1 atom stereocenters. The molecule has 1 amide bonds. The van der Waals surface area contributed by atoms with Crippen molar-refractivity contribution in [1.82, 2.24) is 5.32 Å². The van der Waals surface area contributed by atoms with Crippen molar-refractivity contribution in [2.24, 2.45) is 5.73 Å². The highest BCUT2D eigenvalue weighted by atomic mass is 79.9. The predicted octanol–water partition coefficient (Wildman–Crippen LogP) is 2.20. The molecule has 0 saturated carbocycles. The number of carbonyl (C=O) groups excluding carboxylic acids is 1. The Kier molecular flexibility index (Phi) is 5.28. The van der Waals surface area contributed by atoms with Gasteiger partial charge in [-0.15, -0.1) is 0 Å². The van der Waals surface area contributed by atoms with E-state index >= 15 is 0 Å². The molecule has 4 nitrogen and oxygen atoms in total. The number of nitrogens with one attached hydrogen (secondary N) is 1. The van der Waals surface area contributed by atoms with Gasteiger partial charge >= 0.3 is 6.09 Å². The number of primary amides is 1. The van der Waals surface area contributed by atoms with Gasteiger partial charge < -0.3 is 15.8 Å². The molecule has 16 heavy (non-hydrogen) atoms. The summed E-state index contributed by atoms with van der Waals surface area (Å²) in [5.74, 6) is 0. The molecular formula is C11H15BrN2O2. The lowest BCUT2D eigenvalue weighted by Crippen LogP contribution is -2.26. The van der Waals surface area contributed by atoms with Crippen LogP contribution in [0.2, 0.25) is 0 Å². The largest absolute Gasteiger partial charge is 0.448 e. The average molecular weight is 287 g/mol. The minimum absolute atomic E-state index is 0.187. The molecule has 0 aliphatic heterocycles. The van der Waals surface area contributed by atoms with E-state index in [0.29, 0.717) is 6.54 Å². The highest BCUT2D eigenvalue weighted by Gasteiger charge is 2.07. The molecule has 0 bridgehead atoms. The third-order valence-corrected chi connectivity index (χ3v) is 2.89. The van der Waals surface area contributed by atoms with Gasteiger partial charge in [0, 0.05) is 17.1 Å². The van der Waals surface area contributed by atoms with E-state index in [1.165, 1.54) is 5.56 Å². The van der Waals surface area contributed by atoms with Crippen LogP contribution < -0.4 is 11.1 Å². The smallest absolute Gasteiger partial charge is 0.404 e. The van der Waals surface area contributed by atoms with Crippen LogP contribution in [0.5, 0.6) is 0 Å². The molecule has 1 rings (SSSR count). The van der Waals surface area contributed by atoms with Gasteiger partial charge in [-0.2, -0.15) is 0 Å². The molecule has 0 saturated heterocycles. The Labute approximate surface area is 103 Å².